The van der Waals surface area contributed by atoms with Crippen molar-refractivity contribution < 1.29 is 4.42 Å². The summed E-state index contributed by atoms with van der Waals surface area (Å²) >= 11 is 0. The quantitative estimate of drug-likeness (QED) is 0.646. The largest absolute Gasteiger partial charge is 0.449 e. The average Bonchev–Trinajstić information content (AvgIpc) is 2.34. The Balaban J connectivity index is 1.93. The maximum absolute atomic E-state index is 6.02. The summed E-state index contributed by atoms with van der Waals surface area (Å²) in [6, 6.07) is 0. The molecule has 0 amide bonds. The van der Waals surface area contributed by atoms with Gasteiger partial charge in [0, 0.05) is 5.54 Å². The number of hydrogen-bond acceptors (Lipinski definition) is 3. The van der Waals surface area contributed by atoms with E-state index in [1.807, 2.05) is 0 Å². The Labute approximate surface area is 64.6 Å². The Kier molecular flexibility index (Phi) is 0.790. The third kappa shape index (κ3) is 0.518. The number of rotatable bonds is 1. The molecule has 1 aromatic heterocycles. The molecule has 3 aliphatic carbocycles. The van der Waals surface area contributed by atoms with Crippen molar-refractivity contribution in [2.75, 3.05) is 0 Å². The molecule has 0 saturated heterocycles. The van der Waals surface area contributed by atoms with Crippen molar-refractivity contribution in [1.82, 2.24) is 4.98 Å². The first-order valence-corrected chi connectivity index (χ1v) is 3.98. The molecule has 4 rings (SSSR count). The van der Waals surface area contributed by atoms with Gasteiger partial charge in [-0.1, -0.05) is 0 Å². The summed E-state index contributed by atoms with van der Waals surface area (Å²) in [5.74, 6) is 2.03. The molecule has 3 heteroatoms. The van der Waals surface area contributed by atoms with Gasteiger partial charge < -0.3 is 10.2 Å². The summed E-state index contributed by atoms with van der Waals surface area (Å²) in [6.45, 7) is 0. The van der Waals surface area contributed by atoms with Crippen molar-refractivity contribution in [3.05, 3.63) is 18.4 Å². The van der Waals surface area contributed by atoms with Gasteiger partial charge >= 0.3 is 0 Å². The molecule has 0 aliphatic heterocycles. The van der Waals surface area contributed by atoms with Crippen molar-refractivity contribution in [3.8, 4) is 0 Å². The second-order valence-corrected chi connectivity index (χ2v) is 3.75. The molecule has 3 nitrogen and oxygen atoms in total. The van der Waals surface area contributed by atoms with E-state index in [1.54, 1.807) is 12.5 Å². The summed E-state index contributed by atoms with van der Waals surface area (Å²) in [5.41, 5.74) is 6.07. The van der Waals surface area contributed by atoms with Crippen molar-refractivity contribution in [1.29, 1.82) is 0 Å². The van der Waals surface area contributed by atoms with E-state index >= 15 is 0 Å². The standard InChI is InChI=1S/C8H10N2O/c9-8-3-5(4-8)6(8)7-10-1-2-11-7/h1-2,5-6H,3-4,9H2. The van der Waals surface area contributed by atoms with Gasteiger partial charge in [-0.15, -0.1) is 0 Å². The molecular formula is C8H10N2O. The van der Waals surface area contributed by atoms with Gasteiger partial charge in [-0.2, -0.15) is 0 Å². The molecular weight excluding hydrogens is 140 g/mol. The SMILES string of the molecule is NC12CC(C1)C2c1ncco1. The minimum Gasteiger partial charge on any atom is -0.449 e. The molecule has 1 unspecified atom stereocenters. The smallest absolute Gasteiger partial charge is 0.199 e. The fraction of sp³-hybridized carbons (Fsp3) is 0.625. The summed E-state index contributed by atoms with van der Waals surface area (Å²) in [5, 5.41) is 0. The fourth-order valence-corrected chi connectivity index (χ4v) is 2.39. The number of nitrogens with two attached hydrogens (primary N) is 1. The zero-order chi connectivity index (χ0) is 7.47. The van der Waals surface area contributed by atoms with Gasteiger partial charge in [-0.25, -0.2) is 4.98 Å². The van der Waals surface area contributed by atoms with Gasteiger partial charge in [0.15, 0.2) is 5.89 Å². The van der Waals surface area contributed by atoms with E-state index in [2.05, 4.69) is 4.98 Å². The average molecular weight is 150 g/mol. The molecule has 2 N–H and O–H groups in total. The van der Waals surface area contributed by atoms with Crippen LogP contribution in [0.4, 0.5) is 0 Å². The molecule has 3 fully saturated rings. The van der Waals surface area contributed by atoms with Crippen LogP contribution in [0, 0.1) is 5.92 Å². The second-order valence-electron chi connectivity index (χ2n) is 3.75. The minimum atomic E-state index is 0.0511. The zero-order valence-electron chi connectivity index (χ0n) is 6.16. The number of aromatic nitrogens is 1. The van der Waals surface area contributed by atoms with Gasteiger partial charge in [0.1, 0.15) is 6.26 Å². The molecule has 0 spiro atoms. The third-order valence-corrected chi connectivity index (χ3v) is 3.09. The van der Waals surface area contributed by atoms with Crippen molar-refractivity contribution >= 4 is 0 Å². The van der Waals surface area contributed by atoms with Gasteiger partial charge in [0.05, 0.1) is 12.1 Å². The van der Waals surface area contributed by atoms with Crippen molar-refractivity contribution in [3.63, 3.8) is 0 Å². The first-order valence-electron chi connectivity index (χ1n) is 3.98. The van der Waals surface area contributed by atoms with E-state index < -0.39 is 0 Å². The molecule has 1 aromatic rings. The maximum Gasteiger partial charge on any atom is 0.199 e. The maximum atomic E-state index is 6.02. The Morgan fingerprint density at radius 1 is 1.64 bits per heavy atom. The molecule has 3 saturated carbocycles. The van der Waals surface area contributed by atoms with Gasteiger partial charge in [-0.3, -0.25) is 0 Å². The van der Waals surface area contributed by atoms with Crippen molar-refractivity contribution in [2.45, 2.75) is 24.3 Å². The zero-order valence-corrected chi connectivity index (χ0v) is 6.16. The van der Waals surface area contributed by atoms with Crippen LogP contribution < -0.4 is 5.73 Å². The van der Waals surface area contributed by atoms with E-state index in [0.717, 1.165) is 11.8 Å². The minimum absolute atomic E-state index is 0.0511. The molecule has 1 atom stereocenters. The van der Waals surface area contributed by atoms with Crippen LogP contribution in [0.5, 0.6) is 0 Å². The highest BCUT2D eigenvalue weighted by atomic mass is 16.3. The molecule has 2 bridgehead atoms. The summed E-state index contributed by atoms with van der Waals surface area (Å²) in [7, 11) is 0. The van der Waals surface area contributed by atoms with Gasteiger partial charge in [0.25, 0.3) is 0 Å². The van der Waals surface area contributed by atoms with E-state index in [4.69, 9.17) is 10.2 Å². The van der Waals surface area contributed by atoms with Gasteiger partial charge in [-0.05, 0) is 18.8 Å². The van der Waals surface area contributed by atoms with Crippen LogP contribution in [-0.2, 0) is 0 Å². The van der Waals surface area contributed by atoms with E-state index in [9.17, 15) is 0 Å². The van der Waals surface area contributed by atoms with Crippen LogP contribution >= 0.6 is 0 Å². The number of nitrogens with zero attached hydrogens (tertiary/aromatic N) is 1. The lowest BCUT2D eigenvalue weighted by molar-refractivity contribution is -0.0691. The lowest BCUT2D eigenvalue weighted by atomic mass is 9.43. The third-order valence-electron chi connectivity index (χ3n) is 3.09. The topological polar surface area (TPSA) is 52.0 Å². The Morgan fingerprint density at radius 3 is 2.82 bits per heavy atom. The Morgan fingerprint density at radius 2 is 2.45 bits per heavy atom. The number of oxazole rings is 1. The second kappa shape index (κ2) is 1.50. The van der Waals surface area contributed by atoms with Crippen LogP contribution in [0.15, 0.2) is 16.9 Å². The Bertz CT molecular complexity index is 274. The summed E-state index contributed by atoms with van der Waals surface area (Å²) in [6.07, 6.45) is 5.65. The van der Waals surface area contributed by atoms with Crippen LogP contribution in [0.1, 0.15) is 24.7 Å². The molecule has 0 radical (unpaired) electrons. The van der Waals surface area contributed by atoms with Crippen LogP contribution in [0.25, 0.3) is 0 Å². The molecule has 3 aliphatic rings. The molecule has 58 valence electrons. The predicted molar refractivity (Wildman–Crippen MR) is 38.9 cm³/mol. The first-order chi connectivity index (χ1) is 5.30. The van der Waals surface area contributed by atoms with Crippen molar-refractivity contribution in [2.24, 2.45) is 11.7 Å². The highest BCUT2D eigenvalue weighted by Gasteiger charge is 2.65. The highest BCUT2D eigenvalue weighted by molar-refractivity contribution is 5.28. The molecule has 0 aromatic carbocycles. The lowest BCUT2D eigenvalue weighted by Crippen LogP contribution is -2.71. The van der Waals surface area contributed by atoms with E-state index in [0.29, 0.717) is 5.92 Å². The predicted octanol–water partition coefficient (Wildman–Crippen LogP) is 0.879. The summed E-state index contributed by atoms with van der Waals surface area (Å²) < 4.78 is 5.21. The fourth-order valence-electron chi connectivity index (χ4n) is 2.39. The van der Waals surface area contributed by atoms with Crippen LogP contribution in [0.3, 0.4) is 0 Å². The molecule has 1 heterocycles. The highest BCUT2D eigenvalue weighted by Crippen LogP contribution is 2.64. The van der Waals surface area contributed by atoms with E-state index in [-0.39, 0.29) is 5.54 Å². The first kappa shape index (κ1) is 5.77. The Hall–Kier alpha value is -0.830. The van der Waals surface area contributed by atoms with Crippen LogP contribution in [0.2, 0.25) is 0 Å². The number of hydrogen-bond donors (Lipinski definition) is 1. The normalized spacial score (nSPS) is 46.3. The monoisotopic (exact) mass is 150 g/mol. The van der Waals surface area contributed by atoms with E-state index in [1.165, 1.54) is 12.8 Å². The van der Waals surface area contributed by atoms with Crippen LogP contribution in [-0.4, -0.2) is 10.5 Å². The lowest BCUT2D eigenvalue weighted by Gasteiger charge is -2.64. The van der Waals surface area contributed by atoms with Gasteiger partial charge in [0.2, 0.25) is 0 Å². The summed E-state index contributed by atoms with van der Waals surface area (Å²) in [4.78, 5) is 4.12. The molecule has 11 heavy (non-hydrogen) atoms.